The third-order valence-corrected chi connectivity index (χ3v) is 4.74. The van der Waals surface area contributed by atoms with Crippen molar-refractivity contribution in [2.75, 3.05) is 24.6 Å². The Morgan fingerprint density at radius 1 is 1.35 bits per heavy atom. The molecule has 2 saturated heterocycles. The Hall–Kier alpha value is -0.670. The summed E-state index contributed by atoms with van der Waals surface area (Å²) in [4.78, 5) is 2.57. The average Bonchev–Trinajstić information content (AvgIpc) is 2.76. The second kappa shape index (κ2) is 4.91. The molecule has 0 aromatic heterocycles. The molecule has 2 heterocycles. The van der Waals surface area contributed by atoms with Crippen LogP contribution >= 0.6 is 11.8 Å². The van der Waals surface area contributed by atoms with Crippen LogP contribution < -0.4 is 4.74 Å². The zero-order valence-electron chi connectivity index (χ0n) is 10.3. The molecule has 1 aromatic rings. The van der Waals surface area contributed by atoms with Gasteiger partial charge in [0.05, 0.1) is 0 Å². The molecule has 2 aliphatic heterocycles. The summed E-state index contributed by atoms with van der Waals surface area (Å²) in [6.07, 6.45) is 1.77. The highest BCUT2D eigenvalue weighted by Gasteiger charge is 2.35. The van der Waals surface area contributed by atoms with Crippen molar-refractivity contribution in [3.05, 3.63) is 29.8 Å². The fourth-order valence-corrected chi connectivity index (χ4v) is 3.79. The van der Waals surface area contributed by atoms with Gasteiger partial charge in [0.1, 0.15) is 11.9 Å². The van der Waals surface area contributed by atoms with E-state index >= 15 is 0 Å². The lowest BCUT2D eigenvalue weighted by atomic mass is 10.1. The van der Waals surface area contributed by atoms with Crippen molar-refractivity contribution in [3.63, 3.8) is 0 Å². The minimum absolute atomic E-state index is 0.405. The number of hydrogen-bond donors (Lipinski definition) is 0. The number of thioether (sulfide) groups is 1. The first-order valence-electron chi connectivity index (χ1n) is 6.36. The van der Waals surface area contributed by atoms with Gasteiger partial charge in [0.25, 0.3) is 0 Å². The number of ether oxygens (including phenoxy) is 1. The molecule has 0 radical (unpaired) electrons. The van der Waals surface area contributed by atoms with Gasteiger partial charge in [-0.1, -0.05) is 12.1 Å². The quantitative estimate of drug-likeness (QED) is 0.817. The van der Waals surface area contributed by atoms with Crippen molar-refractivity contribution >= 4 is 11.8 Å². The summed E-state index contributed by atoms with van der Waals surface area (Å²) in [5.41, 5.74) is 1.27. The van der Waals surface area contributed by atoms with Crippen LogP contribution in [0.1, 0.15) is 12.0 Å². The van der Waals surface area contributed by atoms with Crippen LogP contribution in [0.4, 0.5) is 0 Å². The van der Waals surface area contributed by atoms with E-state index in [9.17, 15) is 0 Å². The van der Waals surface area contributed by atoms with Crippen LogP contribution in [0, 0.1) is 6.92 Å². The first-order valence-corrected chi connectivity index (χ1v) is 7.52. The maximum Gasteiger partial charge on any atom is 0.124 e. The van der Waals surface area contributed by atoms with Crippen molar-refractivity contribution in [2.24, 2.45) is 0 Å². The second-order valence-electron chi connectivity index (χ2n) is 5.03. The summed E-state index contributed by atoms with van der Waals surface area (Å²) >= 11 is 2.08. The predicted octanol–water partition coefficient (Wildman–Crippen LogP) is 2.56. The lowest BCUT2D eigenvalue weighted by Gasteiger charge is -2.42. The Labute approximate surface area is 107 Å². The van der Waals surface area contributed by atoms with E-state index in [0.717, 1.165) is 24.9 Å². The van der Waals surface area contributed by atoms with E-state index in [4.69, 9.17) is 4.74 Å². The highest BCUT2D eigenvalue weighted by Crippen LogP contribution is 2.27. The number of benzene rings is 1. The van der Waals surface area contributed by atoms with Gasteiger partial charge in [-0.3, -0.25) is 4.90 Å². The SMILES string of the molecule is Cc1cccc(OC2CN(C3CCSC3)C2)c1. The van der Waals surface area contributed by atoms with Crippen LogP contribution in [0.3, 0.4) is 0 Å². The third kappa shape index (κ3) is 2.61. The van der Waals surface area contributed by atoms with Crippen LogP contribution in [0.5, 0.6) is 5.75 Å². The van der Waals surface area contributed by atoms with Crippen LogP contribution in [0.2, 0.25) is 0 Å². The molecular formula is C14H19NOS. The maximum atomic E-state index is 5.97. The van der Waals surface area contributed by atoms with Gasteiger partial charge < -0.3 is 4.74 Å². The standard InChI is InChI=1S/C14H19NOS/c1-11-3-2-4-13(7-11)16-14-8-15(9-14)12-5-6-17-10-12/h2-4,7,12,14H,5-6,8-10H2,1H3. The maximum absolute atomic E-state index is 5.97. The van der Waals surface area contributed by atoms with E-state index in [0.29, 0.717) is 6.10 Å². The van der Waals surface area contributed by atoms with Gasteiger partial charge in [0, 0.05) is 24.9 Å². The Kier molecular flexibility index (Phi) is 3.30. The lowest BCUT2D eigenvalue weighted by Crippen LogP contribution is -2.57. The number of likely N-dealkylation sites (tertiary alicyclic amines) is 1. The number of hydrogen-bond acceptors (Lipinski definition) is 3. The zero-order chi connectivity index (χ0) is 11.7. The minimum atomic E-state index is 0.405. The molecular weight excluding hydrogens is 230 g/mol. The average molecular weight is 249 g/mol. The van der Waals surface area contributed by atoms with Crippen molar-refractivity contribution < 1.29 is 4.74 Å². The second-order valence-corrected chi connectivity index (χ2v) is 6.18. The summed E-state index contributed by atoms with van der Waals surface area (Å²) in [5, 5.41) is 0. The Balaban J connectivity index is 1.49. The van der Waals surface area contributed by atoms with Crippen LogP contribution in [-0.2, 0) is 0 Å². The topological polar surface area (TPSA) is 12.5 Å². The van der Waals surface area contributed by atoms with Gasteiger partial charge in [-0.05, 0) is 36.8 Å². The zero-order valence-corrected chi connectivity index (χ0v) is 11.1. The molecule has 1 aromatic carbocycles. The van der Waals surface area contributed by atoms with E-state index in [1.54, 1.807) is 0 Å². The van der Waals surface area contributed by atoms with E-state index in [-0.39, 0.29) is 0 Å². The molecule has 1 atom stereocenters. The highest BCUT2D eigenvalue weighted by molar-refractivity contribution is 7.99. The van der Waals surface area contributed by atoms with Gasteiger partial charge in [-0.2, -0.15) is 11.8 Å². The minimum Gasteiger partial charge on any atom is -0.488 e. The predicted molar refractivity (Wildman–Crippen MR) is 72.9 cm³/mol. The normalized spacial score (nSPS) is 25.8. The highest BCUT2D eigenvalue weighted by atomic mass is 32.2. The first-order chi connectivity index (χ1) is 8.31. The monoisotopic (exact) mass is 249 g/mol. The van der Waals surface area contributed by atoms with Gasteiger partial charge in [-0.15, -0.1) is 0 Å². The summed E-state index contributed by atoms with van der Waals surface area (Å²) in [6.45, 7) is 4.33. The lowest BCUT2D eigenvalue weighted by molar-refractivity contribution is -0.00247. The Morgan fingerprint density at radius 3 is 2.94 bits per heavy atom. The van der Waals surface area contributed by atoms with E-state index in [1.165, 1.54) is 23.5 Å². The summed E-state index contributed by atoms with van der Waals surface area (Å²) in [6, 6.07) is 9.16. The number of aryl methyl sites for hydroxylation is 1. The van der Waals surface area contributed by atoms with Crippen LogP contribution in [0.25, 0.3) is 0 Å². The molecule has 2 aliphatic rings. The van der Waals surface area contributed by atoms with Crippen LogP contribution in [0.15, 0.2) is 24.3 Å². The fourth-order valence-electron chi connectivity index (χ4n) is 2.53. The summed E-state index contributed by atoms with van der Waals surface area (Å²) in [7, 11) is 0. The molecule has 0 amide bonds. The summed E-state index contributed by atoms with van der Waals surface area (Å²) < 4.78 is 5.97. The molecule has 0 N–H and O–H groups in total. The summed E-state index contributed by atoms with van der Waals surface area (Å²) in [5.74, 6) is 3.68. The van der Waals surface area contributed by atoms with Gasteiger partial charge in [0.2, 0.25) is 0 Å². The van der Waals surface area contributed by atoms with Crippen molar-refractivity contribution in [1.82, 2.24) is 4.90 Å². The van der Waals surface area contributed by atoms with Crippen molar-refractivity contribution in [3.8, 4) is 5.75 Å². The van der Waals surface area contributed by atoms with Gasteiger partial charge >= 0.3 is 0 Å². The van der Waals surface area contributed by atoms with E-state index in [2.05, 4.69) is 47.9 Å². The largest absolute Gasteiger partial charge is 0.488 e. The van der Waals surface area contributed by atoms with Gasteiger partial charge in [0.15, 0.2) is 0 Å². The fraction of sp³-hybridized carbons (Fsp3) is 0.571. The van der Waals surface area contributed by atoms with Crippen molar-refractivity contribution in [2.45, 2.75) is 25.5 Å². The molecule has 17 heavy (non-hydrogen) atoms. The molecule has 3 rings (SSSR count). The van der Waals surface area contributed by atoms with E-state index in [1.807, 2.05) is 0 Å². The van der Waals surface area contributed by atoms with E-state index < -0.39 is 0 Å². The molecule has 2 nitrogen and oxygen atoms in total. The number of rotatable bonds is 3. The molecule has 0 spiro atoms. The molecule has 0 saturated carbocycles. The molecule has 3 heteroatoms. The Bertz CT molecular complexity index is 384. The Morgan fingerprint density at radius 2 is 2.24 bits per heavy atom. The molecule has 0 bridgehead atoms. The van der Waals surface area contributed by atoms with Crippen LogP contribution in [-0.4, -0.2) is 41.6 Å². The molecule has 0 aliphatic carbocycles. The first kappa shape index (κ1) is 11.4. The smallest absolute Gasteiger partial charge is 0.124 e. The van der Waals surface area contributed by atoms with Crippen molar-refractivity contribution in [1.29, 1.82) is 0 Å². The molecule has 92 valence electrons. The molecule has 2 fully saturated rings. The molecule has 1 unspecified atom stereocenters. The number of nitrogens with zero attached hydrogens (tertiary/aromatic N) is 1. The third-order valence-electron chi connectivity index (χ3n) is 3.59. The van der Waals surface area contributed by atoms with Gasteiger partial charge in [-0.25, -0.2) is 0 Å².